The Balaban J connectivity index is 2.02. The highest BCUT2D eigenvalue weighted by atomic mass is 16.6. The van der Waals surface area contributed by atoms with Crippen LogP contribution < -0.4 is 9.64 Å². The number of benzene rings is 1. The summed E-state index contributed by atoms with van der Waals surface area (Å²) in [5.41, 5.74) is 1.36. The van der Waals surface area contributed by atoms with Crippen LogP contribution in [0.15, 0.2) is 18.2 Å². The van der Waals surface area contributed by atoms with Gasteiger partial charge in [-0.1, -0.05) is 13.8 Å². The van der Waals surface area contributed by atoms with Gasteiger partial charge in [0.25, 0.3) is 0 Å². The van der Waals surface area contributed by atoms with Crippen LogP contribution in [0.25, 0.3) is 0 Å². The van der Waals surface area contributed by atoms with E-state index >= 15 is 0 Å². The summed E-state index contributed by atoms with van der Waals surface area (Å²) in [5, 5.41) is 0. The van der Waals surface area contributed by atoms with E-state index in [9.17, 15) is 9.59 Å². The van der Waals surface area contributed by atoms with Crippen molar-refractivity contribution in [2.45, 2.75) is 39.7 Å². The van der Waals surface area contributed by atoms with E-state index in [1.807, 2.05) is 18.7 Å². The number of fused-ring (bicyclic) bond motifs is 1. The van der Waals surface area contributed by atoms with Gasteiger partial charge < -0.3 is 19.1 Å². The van der Waals surface area contributed by atoms with Crippen LogP contribution in [0.4, 0.5) is 5.69 Å². The summed E-state index contributed by atoms with van der Waals surface area (Å²) in [6.45, 7) is 7.64. The number of hydrogen-bond acceptors (Lipinski definition) is 6. The minimum Gasteiger partial charge on any atom is -0.486 e. The average molecular weight is 349 g/mol. The molecule has 25 heavy (non-hydrogen) atoms. The number of anilines is 1. The van der Waals surface area contributed by atoms with Crippen molar-refractivity contribution in [1.82, 2.24) is 0 Å². The van der Waals surface area contributed by atoms with Crippen LogP contribution >= 0.6 is 0 Å². The molecular weight excluding hydrogens is 322 g/mol. The molecule has 1 aromatic carbocycles. The highest BCUT2D eigenvalue weighted by molar-refractivity contribution is 5.95. The Morgan fingerprint density at radius 2 is 2.04 bits per heavy atom. The number of rotatable bonds is 9. The Kier molecular flexibility index (Phi) is 7.25. The summed E-state index contributed by atoms with van der Waals surface area (Å²) in [5.74, 6) is 0.370. The minimum absolute atomic E-state index is 0.0105. The van der Waals surface area contributed by atoms with Crippen LogP contribution in [0.3, 0.4) is 0 Å². The van der Waals surface area contributed by atoms with E-state index in [-0.39, 0.29) is 31.0 Å². The third-order valence-electron chi connectivity index (χ3n) is 4.04. The van der Waals surface area contributed by atoms with Gasteiger partial charge in [0.15, 0.2) is 5.78 Å². The van der Waals surface area contributed by atoms with Crippen molar-refractivity contribution in [3.8, 4) is 5.75 Å². The second-order valence-corrected chi connectivity index (χ2v) is 6.10. The van der Waals surface area contributed by atoms with E-state index in [0.29, 0.717) is 31.1 Å². The lowest BCUT2D eigenvalue weighted by atomic mass is 10.1. The number of carbonyl (C=O) groups is 2. The van der Waals surface area contributed by atoms with Gasteiger partial charge in [0.05, 0.1) is 18.8 Å². The Labute approximate surface area is 149 Å². The molecule has 0 aliphatic carbocycles. The zero-order valence-electron chi connectivity index (χ0n) is 15.2. The summed E-state index contributed by atoms with van der Waals surface area (Å²) in [4.78, 5) is 25.7. The molecular formula is C19H27NO5. The number of nitrogens with zero attached hydrogens (tertiary/aromatic N) is 1. The van der Waals surface area contributed by atoms with Crippen molar-refractivity contribution < 1.29 is 23.8 Å². The first-order valence-electron chi connectivity index (χ1n) is 8.85. The van der Waals surface area contributed by atoms with Crippen LogP contribution in [0.1, 0.15) is 44.0 Å². The molecule has 0 amide bonds. The van der Waals surface area contributed by atoms with E-state index in [1.165, 1.54) is 6.92 Å². The Hall–Kier alpha value is -2.08. The third kappa shape index (κ3) is 5.46. The lowest BCUT2D eigenvalue weighted by Gasteiger charge is -2.35. The van der Waals surface area contributed by atoms with Crippen LogP contribution in [0, 0.1) is 0 Å². The Morgan fingerprint density at radius 1 is 1.24 bits per heavy atom. The maximum atomic E-state index is 12.1. The van der Waals surface area contributed by atoms with Crippen LogP contribution in [0.5, 0.6) is 5.75 Å². The highest BCUT2D eigenvalue weighted by Crippen LogP contribution is 2.35. The monoisotopic (exact) mass is 349 g/mol. The standard InChI is InChI=1S/C19H27NO5/c1-4-8-23-9-10-24-19(22)13-20-12-16(5-2)25-18-7-6-15(14(3)21)11-17(18)20/h6-7,11,16H,4-5,8-10,12-13H2,1-3H3. The van der Waals surface area contributed by atoms with Gasteiger partial charge >= 0.3 is 5.97 Å². The molecule has 1 aromatic rings. The largest absolute Gasteiger partial charge is 0.486 e. The molecule has 0 spiro atoms. The van der Waals surface area contributed by atoms with Crippen molar-refractivity contribution in [3.63, 3.8) is 0 Å². The summed E-state index contributed by atoms with van der Waals surface area (Å²) in [7, 11) is 0. The molecule has 6 nitrogen and oxygen atoms in total. The summed E-state index contributed by atoms with van der Waals surface area (Å²) in [6, 6.07) is 5.33. The van der Waals surface area contributed by atoms with Gasteiger partial charge in [-0.15, -0.1) is 0 Å². The number of carbonyl (C=O) groups excluding carboxylic acids is 2. The Bertz CT molecular complexity index is 601. The summed E-state index contributed by atoms with van der Waals surface area (Å²) < 4.78 is 16.5. The molecule has 1 heterocycles. The highest BCUT2D eigenvalue weighted by Gasteiger charge is 2.27. The molecule has 0 fully saturated rings. The fourth-order valence-electron chi connectivity index (χ4n) is 2.67. The summed E-state index contributed by atoms with van der Waals surface area (Å²) in [6.07, 6.45) is 1.79. The first-order chi connectivity index (χ1) is 12.0. The second kappa shape index (κ2) is 9.42. The van der Waals surface area contributed by atoms with Crippen LogP contribution in [0.2, 0.25) is 0 Å². The van der Waals surface area contributed by atoms with Crippen molar-refractivity contribution in [2.75, 3.05) is 37.8 Å². The van der Waals surface area contributed by atoms with E-state index in [1.54, 1.807) is 18.2 Å². The van der Waals surface area contributed by atoms with Crippen molar-refractivity contribution >= 4 is 17.4 Å². The second-order valence-electron chi connectivity index (χ2n) is 6.10. The van der Waals surface area contributed by atoms with E-state index in [0.717, 1.165) is 18.5 Å². The molecule has 1 aliphatic rings. The van der Waals surface area contributed by atoms with Gasteiger partial charge in [0.1, 0.15) is 25.0 Å². The molecule has 1 atom stereocenters. The predicted octanol–water partition coefficient (Wildman–Crippen LogP) is 2.84. The van der Waals surface area contributed by atoms with E-state index < -0.39 is 0 Å². The number of ether oxygens (including phenoxy) is 3. The maximum Gasteiger partial charge on any atom is 0.325 e. The lowest BCUT2D eigenvalue weighted by Crippen LogP contribution is -2.43. The van der Waals surface area contributed by atoms with Crippen molar-refractivity contribution in [2.24, 2.45) is 0 Å². The van der Waals surface area contributed by atoms with Gasteiger partial charge in [-0.2, -0.15) is 0 Å². The molecule has 6 heteroatoms. The molecule has 2 rings (SSSR count). The fourth-order valence-corrected chi connectivity index (χ4v) is 2.67. The first kappa shape index (κ1) is 19.2. The molecule has 0 radical (unpaired) electrons. The first-order valence-corrected chi connectivity index (χ1v) is 8.85. The van der Waals surface area contributed by atoms with Gasteiger partial charge in [0, 0.05) is 12.2 Å². The molecule has 138 valence electrons. The SMILES string of the molecule is CCCOCCOC(=O)CN1CC(CC)Oc2ccc(C(C)=O)cc21. The van der Waals surface area contributed by atoms with Gasteiger partial charge in [-0.25, -0.2) is 0 Å². The van der Waals surface area contributed by atoms with E-state index in [4.69, 9.17) is 14.2 Å². The Morgan fingerprint density at radius 3 is 2.72 bits per heavy atom. The van der Waals surface area contributed by atoms with Crippen molar-refractivity contribution in [1.29, 1.82) is 0 Å². The number of hydrogen-bond donors (Lipinski definition) is 0. The zero-order chi connectivity index (χ0) is 18.2. The maximum absolute atomic E-state index is 12.1. The smallest absolute Gasteiger partial charge is 0.325 e. The topological polar surface area (TPSA) is 65.1 Å². The van der Waals surface area contributed by atoms with Crippen LogP contribution in [-0.2, 0) is 14.3 Å². The molecule has 0 bridgehead atoms. The number of Topliss-reactive ketones (excluding diaryl/α,β-unsaturated/α-hetero) is 1. The molecule has 1 aliphatic heterocycles. The van der Waals surface area contributed by atoms with E-state index in [2.05, 4.69) is 0 Å². The normalized spacial score (nSPS) is 16.1. The van der Waals surface area contributed by atoms with Crippen LogP contribution in [-0.4, -0.2) is 50.8 Å². The number of esters is 1. The minimum atomic E-state index is -0.309. The quantitative estimate of drug-likeness (QED) is 0.388. The van der Waals surface area contributed by atoms with Gasteiger partial charge in [-0.05, 0) is 38.0 Å². The van der Waals surface area contributed by atoms with Gasteiger partial charge in [-0.3, -0.25) is 9.59 Å². The average Bonchev–Trinajstić information content (AvgIpc) is 2.60. The molecule has 0 aromatic heterocycles. The molecule has 0 saturated carbocycles. The van der Waals surface area contributed by atoms with Crippen molar-refractivity contribution in [3.05, 3.63) is 23.8 Å². The third-order valence-corrected chi connectivity index (χ3v) is 4.04. The van der Waals surface area contributed by atoms with Gasteiger partial charge in [0.2, 0.25) is 0 Å². The molecule has 0 N–H and O–H groups in total. The predicted molar refractivity (Wildman–Crippen MR) is 95.4 cm³/mol. The molecule has 0 saturated heterocycles. The molecule has 1 unspecified atom stereocenters. The number of ketones is 1. The fraction of sp³-hybridized carbons (Fsp3) is 0.579. The summed E-state index contributed by atoms with van der Waals surface area (Å²) >= 11 is 0. The lowest BCUT2D eigenvalue weighted by molar-refractivity contribution is -0.143. The zero-order valence-corrected chi connectivity index (χ0v) is 15.2.